The van der Waals surface area contributed by atoms with E-state index in [1.54, 1.807) is 4.68 Å². The monoisotopic (exact) mass is 341 g/mol. The molecule has 0 saturated carbocycles. The Bertz CT molecular complexity index is 618. The Balaban J connectivity index is 1.60. The van der Waals surface area contributed by atoms with Crippen LogP contribution < -0.4 is 0 Å². The Morgan fingerprint density at radius 3 is 2.46 bits per heavy atom. The normalized spacial score (nSPS) is 39.6. The molecule has 0 bridgehead atoms. The lowest BCUT2D eigenvalue weighted by atomic mass is 9.99. The first-order valence-corrected chi connectivity index (χ1v) is 8.13. The number of fused-ring (bicyclic) bond motifs is 3. The highest BCUT2D eigenvalue weighted by Crippen LogP contribution is 2.44. The van der Waals surface area contributed by atoms with Gasteiger partial charge in [0.15, 0.2) is 17.9 Å². The second-order valence-corrected chi connectivity index (χ2v) is 7.27. The number of rotatable bonds is 3. The molecule has 0 spiro atoms. The number of aliphatic hydroxyl groups excluding tert-OH is 1. The van der Waals surface area contributed by atoms with Crippen LogP contribution >= 0.6 is 0 Å². The third-order valence-electron chi connectivity index (χ3n) is 4.46. The lowest BCUT2D eigenvalue weighted by molar-refractivity contribution is -0.236. The summed E-state index contributed by atoms with van der Waals surface area (Å²) in [6.07, 6.45) is -0.346. The van der Waals surface area contributed by atoms with Crippen molar-refractivity contribution in [2.75, 3.05) is 0 Å². The van der Waals surface area contributed by atoms with Gasteiger partial charge in [-0.3, -0.25) is 0 Å². The van der Waals surface area contributed by atoms with E-state index in [1.807, 2.05) is 27.7 Å². The van der Waals surface area contributed by atoms with Crippen LogP contribution in [0.2, 0.25) is 0 Å². The fourth-order valence-corrected chi connectivity index (χ4v) is 3.57. The lowest BCUT2D eigenvalue weighted by Crippen LogP contribution is -2.56. The van der Waals surface area contributed by atoms with Gasteiger partial charge in [-0.05, 0) is 27.7 Å². The molecule has 4 rings (SSSR count). The molecule has 0 unspecified atom stereocenters. The molecule has 5 atom stereocenters. The summed E-state index contributed by atoms with van der Waals surface area (Å²) in [5, 5.41) is 17.2. The zero-order valence-electron chi connectivity index (χ0n) is 14.2. The maximum absolute atomic E-state index is 9.38. The zero-order chi connectivity index (χ0) is 17.1. The van der Waals surface area contributed by atoms with Crippen molar-refractivity contribution in [1.82, 2.24) is 15.0 Å². The summed E-state index contributed by atoms with van der Waals surface area (Å²) in [4.78, 5) is 0. The maximum Gasteiger partial charge on any atom is 0.190 e. The van der Waals surface area contributed by atoms with Gasteiger partial charge in [-0.2, -0.15) is 0 Å². The van der Waals surface area contributed by atoms with Gasteiger partial charge < -0.3 is 28.8 Å². The number of hydrogen-bond donors (Lipinski definition) is 1. The molecule has 4 heterocycles. The molecule has 1 aromatic rings. The number of aliphatic hydroxyl groups is 1. The third kappa shape index (κ3) is 2.75. The molecule has 1 N–H and O–H groups in total. The van der Waals surface area contributed by atoms with Crippen LogP contribution in [0.4, 0.5) is 0 Å². The van der Waals surface area contributed by atoms with Crippen molar-refractivity contribution in [3.05, 3.63) is 11.9 Å². The Kier molecular flexibility index (Phi) is 3.72. The van der Waals surface area contributed by atoms with E-state index in [0.29, 0.717) is 12.2 Å². The summed E-state index contributed by atoms with van der Waals surface area (Å²) in [6, 6.07) is 0. The third-order valence-corrected chi connectivity index (χ3v) is 4.46. The molecule has 1 aromatic heterocycles. The summed E-state index contributed by atoms with van der Waals surface area (Å²) < 4.78 is 31.7. The van der Waals surface area contributed by atoms with Gasteiger partial charge in [-0.15, -0.1) is 5.10 Å². The standard InChI is InChI=1S/C15H23N3O6/c1-14(2)21-10-9(6-18-8(7-19)5-16-17-18)20-13-12(11(10)22-14)23-15(3,4)24-13/h5,9-13,19H,6-7H2,1-4H3/t9-,10+,11+,12-,13-/m1/s1. The van der Waals surface area contributed by atoms with Gasteiger partial charge >= 0.3 is 0 Å². The van der Waals surface area contributed by atoms with Crippen LogP contribution in [0, 0.1) is 0 Å². The van der Waals surface area contributed by atoms with Gasteiger partial charge in [0.05, 0.1) is 25.0 Å². The van der Waals surface area contributed by atoms with E-state index < -0.39 is 17.9 Å². The van der Waals surface area contributed by atoms with E-state index in [4.69, 9.17) is 23.7 Å². The van der Waals surface area contributed by atoms with Crippen LogP contribution in [0.3, 0.4) is 0 Å². The van der Waals surface area contributed by atoms with Crippen molar-refractivity contribution in [2.45, 2.75) is 83.1 Å². The van der Waals surface area contributed by atoms with E-state index in [9.17, 15) is 5.11 Å². The summed E-state index contributed by atoms with van der Waals surface area (Å²) in [6.45, 7) is 7.67. The van der Waals surface area contributed by atoms with E-state index in [0.717, 1.165) is 0 Å². The van der Waals surface area contributed by atoms with Gasteiger partial charge in [-0.1, -0.05) is 5.21 Å². The number of aromatic nitrogens is 3. The lowest BCUT2D eigenvalue weighted by Gasteiger charge is -2.37. The predicted octanol–water partition coefficient (Wildman–Crippen LogP) is 0.167. The van der Waals surface area contributed by atoms with Crippen LogP contribution in [0.5, 0.6) is 0 Å². The fourth-order valence-electron chi connectivity index (χ4n) is 3.57. The molecule has 0 radical (unpaired) electrons. The van der Waals surface area contributed by atoms with Crippen LogP contribution in [0.25, 0.3) is 0 Å². The number of hydrogen-bond acceptors (Lipinski definition) is 8. The van der Waals surface area contributed by atoms with Crippen LogP contribution in [0.15, 0.2) is 6.20 Å². The molecule has 24 heavy (non-hydrogen) atoms. The van der Waals surface area contributed by atoms with Crippen molar-refractivity contribution in [3.8, 4) is 0 Å². The number of nitrogens with zero attached hydrogens (tertiary/aromatic N) is 3. The van der Waals surface area contributed by atoms with Crippen molar-refractivity contribution in [2.24, 2.45) is 0 Å². The molecule has 3 aliphatic heterocycles. The second-order valence-electron chi connectivity index (χ2n) is 7.27. The molecule has 134 valence electrons. The molecule has 3 fully saturated rings. The largest absolute Gasteiger partial charge is 0.390 e. The molecule has 3 saturated heterocycles. The molecule has 9 nitrogen and oxygen atoms in total. The van der Waals surface area contributed by atoms with Crippen LogP contribution in [0.1, 0.15) is 33.4 Å². The second kappa shape index (κ2) is 5.45. The van der Waals surface area contributed by atoms with E-state index in [2.05, 4.69) is 10.3 Å². The molecular weight excluding hydrogens is 318 g/mol. The molecule has 3 aliphatic rings. The Labute approximate surface area is 139 Å². The van der Waals surface area contributed by atoms with Gasteiger partial charge in [0.2, 0.25) is 0 Å². The van der Waals surface area contributed by atoms with Crippen molar-refractivity contribution < 1.29 is 28.8 Å². The maximum atomic E-state index is 9.38. The molecular formula is C15H23N3O6. The van der Waals surface area contributed by atoms with Gasteiger partial charge in [0.1, 0.15) is 24.4 Å². The number of ether oxygens (including phenoxy) is 5. The first kappa shape index (κ1) is 16.4. The Hall–Kier alpha value is -1.10. The minimum Gasteiger partial charge on any atom is -0.390 e. The van der Waals surface area contributed by atoms with E-state index in [1.165, 1.54) is 6.20 Å². The van der Waals surface area contributed by atoms with Gasteiger partial charge in [0.25, 0.3) is 0 Å². The van der Waals surface area contributed by atoms with Gasteiger partial charge in [0, 0.05) is 0 Å². The Morgan fingerprint density at radius 2 is 1.71 bits per heavy atom. The summed E-state index contributed by atoms with van der Waals surface area (Å²) in [5.74, 6) is -1.47. The zero-order valence-corrected chi connectivity index (χ0v) is 14.2. The summed E-state index contributed by atoms with van der Waals surface area (Å²) in [5.41, 5.74) is 0.611. The minimum atomic E-state index is -0.742. The highest BCUT2D eigenvalue weighted by molar-refractivity contribution is 5.01. The highest BCUT2D eigenvalue weighted by atomic mass is 16.9. The molecule has 0 aromatic carbocycles. The average Bonchev–Trinajstić information content (AvgIpc) is 3.13. The van der Waals surface area contributed by atoms with Crippen molar-refractivity contribution in [1.29, 1.82) is 0 Å². The van der Waals surface area contributed by atoms with Gasteiger partial charge in [-0.25, -0.2) is 4.68 Å². The predicted molar refractivity (Wildman–Crippen MR) is 78.5 cm³/mol. The summed E-state index contributed by atoms with van der Waals surface area (Å²) >= 11 is 0. The minimum absolute atomic E-state index is 0.143. The smallest absolute Gasteiger partial charge is 0.190 e. The van der Waals surface area contributed by atoms with E-state index >= 15 is 0 Å². The van der Waals surface area contributed by atoms with Crippen molar-refractivity contribution >= 4 is 0 Å². The Morgan fingerprint density at radius 1 is 1.04 bits per heavy atom. The first-order chi connectivity index (χ1) is 11.3. The van der Waals surface area contributed by atoms with Crippen molar-refractivity contribution in [3.63, 3.8) is 0 Å². The molecule has 0 amide bonds. The first-order valence-electron chi connectivity index (χ1n) is 8.13. The SMILES string of the molecule is CC1(C)O[C@H]2[C@@H](O1)[C@@H](Cn1nncc1CO)O[C@@H]1OC(C)(C)O[C@@H]12. The van der Waals surface area contributed by atoms with Crippen LogP contribution in [-0.4, -0.2) is 62.4 Å². The molecule has 9 heteroatoms. The van der Waals surface area contributed by atoms with Crippen LogP contribution in [-0.2, 0) is 36.8 Å². The quantitative estimate of drug-likeness (QED) is 0.831. The highest BCUT2D eigenvalue weighted by Gasteiger charge is 2.60. The molecule has 0 aliphatic carbocycles. The summed E-state index contributed by atoms with van der Waals surface area (Å²) in [7, 11) is 0. The fraction of sp³-hybridized carbons (Fsp3) is 0.867. The average molecular weight is 341 g/mol. The van der Waals surface area contributed by atoms with E-state index in [-0.39, 0.29) is 31.0 Å². The topological polar surface area (TPSA) is 97.1 Å².